The molecule has 1 atom stereocenters. The van der Waals surface area contributed by atoms with Crippen molar-refractivity contribution in [2.75, 3.05) is 27.7 Å². The molecular formula is C18H21NO4. The van der Waals surface area contributed by atoms with Gasteiger partial charge in [-0.05, 0) is 37.9 Å². The lowest BCUT2D eigenvalue weighted by atomic mass is 10.1. The van der Waals surface area contributed by atoms with E-state index in [1.807, 2.05) is 49.3 Å². The molecule has 122 valence electrons. The summed E-state index contributed by atoms with van der Waals surface area (Å²) < 4.78 is 11.4. The Hall–Kier alpha value is -2.53. The summed E-state index contributed by atoms with van der Waals surface area (Å²) in [5.74, 6) is -0.0689. The molecule has 2 aromatic rings. The van der Waals surface area contributed by atoms with E-state index in [2.05, 4.69) is 0 Å². The zero-order valence-electron chi connectivity index (χ0n) is 13.5. The van der Waals surface area contributed by atoms with Gasteiger partial charge in [0.05, 0.1) is 12.7 Å². The molecule has 1 N–H and O–H groups in total. The number of hydrogen-bond acceptors (Lipinski definition) is 4. The van der Waals surface area contributed by atoms with Crippen molar-refractivity contribution in [1.82, 2.24) is 4.90 Å². The van der Waals surface area contributed by atoms with Crippen LogP contribution in [0.1, 0.15) is 22.0 Å². The number of carboxylic acids is 1. The SMILES string of the molecule is COc1cc(C(=O)O)ccc1OC(CN(C)C)c1ccccc1. The van der Waals surface area contributed by atoms with E-state index < -0.39 is 5.97 Å². The van der Waals surface area contributed by atoms with Crippen LogP contribution in [0.15, 0.2) is 48.5 Å². The molecule has 2 aromatic carbocycles. The van der Waals surface area contributed by atoms with Gasteiger partial charge in [-0.15, -0.1) is 0 Å². The molecule has 0 saturated carbocycles. The standard InChI is InChI=1S/C18H21NO4/c1-19(2)12-17(13-7-5-4-6-8-13)23-15-10-9-14(18(20)21)11-16(15)22-3/h4-11,17H,12H2,1-3H3,(H,20,21). The number of hydrogen-bond donors (Lipinski definition) is 1. The van der Waals surface area contributed by atoms with Crippen molar-refractivity contribution in [3.05, 3.63) is 59.7 Å². The highest BCUT2D eigenvalue weighted by atomic mass is 16.5. The van der Waals surface area contributed by atoms with Gasteiger partial charge in [-0.25, -0.2) is 4.79 Å². The van der Waals surface area contributed by atoms with Gasteiger partial charge in [0, 0.05) is 6.54 Å². The summed E-state index contributed by atoms with van der Waals surface area (Å²) >= 11 is 0. The lowest BCUT2D eigenvalue weighted by Gasteiger charge is -2.24. The van der Waals surface area contributed by atoms with Gasteiger partial charge in [0.1, 0.15) is 6.10 Å². The van der Waals surface area contributed by atoms with Crippen LogP contribution in [0.5, 0.6) is 11.5 Å². The van der Waals surface area contributed by atoms with Gasteiger partial charge in [-0.2, -0.15) is 0 Å². The maximum Gasteiger partial charge on any atom is 0.335 e. The third-order valence-electron chi connectivity index (χ3n) is 3.38. The highest BCUT2D eigenvalue weighted by Crippen LogP contribution is 2.32. The summed E-state index contributed by atoms with van der Waals surface area (Å²) in [6.07, 6.45) is -0.184. The first-order valence-corrected chi connectivity index (χ1v) is 7.29. The van der Waals surface area contributed by atoms with Crippen LogP contribution in [-0.4, -0.2) is 43.7 Å². The molecule has 5 nitrogen and oxygen atoms in total. The van der Waals surface area contributed by atoms with Crippen LogP contribution in [0.2, 0.25) is 0 Å². The quantitative estimate of drug-likeness (QED) is 0.851. The molecule has 0 radical (unpaired) electrons. The van der Waals surface area contributed by atoms with Crippen LogP contribution >= 0.6 is 0 Å². The largest absolute Gasteiger partial charge is 0.493 e. The lowest BCUT2D eigenvalue weighted by molar-refractivity contribution is 0.0696. The van der Waals surface area contributed by atoms with Gasteiger partial charge < -0.3 is 19.5 Å². The second kappa shape index (κ2) is 7.65. The van der Waals surface area contributed by atoms with Gasteiger partial charge in [-0.3, -0.25) is 0 Å². The van der Waals surface area contributed by atoms with Crippen molar-refractivity contribution in [2.24, 2.45) is 0 Å². The Labute approximate surface area is 136 Å². The van der Waals surface area contributed by atoms with Gasteiger partial charge in [0.25, 0.3) is 0 Å². The molecule has 2 rings (SSSR count). The first kappa shape index (κ1) is 16.8. The van der Waals surface area contributed by atoms with E-state index in [-0.39, 0.29) is 11.7 Å². The van der Waals surface area contributed by atoms with Crippen molar-refractivity contribution in [3.8, 4) is 11.5 Å². The number of nitrogens with zero attached hydrogens (tertiary/aromatic N) is 1. The zero-order valence-corrected chi connectivity index (χ0v) is 13.5. The maximum atomic E-state index is 11.1. The first-order chi connectivity index (χ1) is 11.0. The number of carboxylic acid groups (broad SMARTS) is 1. The third kappa shape index (κ3) is 4.47. The van der Waals surface area contributed by atoms with Gasteiger partial charge in [0.15, 0.2) is 11.5 Å². The molecule has 0 saturated heterocycles. The predicted octanol–water partition coefficient (Wildman–Crippen LogP) is 3.08. The van der Waals surface area contributed by atoms with Crippen molar-refractivity contribution in [1.29, 1.82) is 0 Å². The molecule has 0 aromatic heterocycles. The third-order valence-corrected chi connectivity index (χ3v) is 3.38. The molecule has 0 amide bonds. The Kier molecular flexibility index (Phi) is 5.60. The fourth-order valence-corrected chi connectivity index (χ4v) is 2.26. The van der Waals surface area contributed by atoms with Crippen LogP contribution in [-0.2, 0) is 0 Å². The first-order valence-electron chi connectivity index (χ1n) is 7.29. The van der Waals surface area contributed by atoms with Crippen molar-refractivity contribution in [3.63, 3.8) is 0 Å². The van der Waals surface area contributed by atoms with E-state index in [0.29, 0.717) is 18.0 Å². The maximum absolute atomic E-state index is 11.1. The number of methoxy groups -OCH3 is 1. The van der Waals surface area contributed by atoms with E-state index in [9.17, 15) is 4.79 Å². The molecule has 0 fully saturated rings. The molecule has 0 aliphatic carbocycles. The minimum atomic E-state index is -0.997. The molecule has 0 spiro atoms. The van der Waals surface area contributed by atoms with Crippen LogP contribution in [0.25, 0.3) is 0 Å². The number of rotatable bonds is 7. The Morgan fingerprint density at radius 3 is 2.39 bits per heavy atom. The molecule has 23 heavy (non-hydrogen) atoms. The average molecular weight is 315 g/mol. The Balaban J connectivity index is 2.30. The van der Waals surface area contributed by atoms with Crippen LogP contribution in [0, 0.1) is 0 Å². The van der Waals surface area contributed by atoms with Gasteiger partial charge in [-0.1, -0.05) is 30.3 Å². The average Bonchev–Trinajstić information content (AvgIpc) is 2.54. The van der Waals surface area contributed by atoms with Crippen LogP contribution in [0.4, 0.5) is 0 Å². The lowest BCUT2D eigenvalue weighted by Crippen LogP contribution is -2.24. The minimum absolute atomic E-state index is 0.165. The van der Waals surface area contributed by atoms with E-state index >= 15 is 0 Å². The van der Waals surface area contributed by atoms with E-state index in [1.54, 1.807) is 6.07 Å². The Morgan fingerprint density at radius 1 is 1.13 bits per heavy atom. The zero-order chi connectivity index (χ0) is 16.8. The van der Waals surface area contributed by atoms with E-state index in [1.165, 1.54) is 19.2 Å². The van der Waals surface area contributed by atoms with Crippen molar-refractivity contribution in [2.45, 2.75) is 6.10 Å². The summed E-state index contributed by atoms with van der Waals surface area (Å²) in [7, 11) is 5.45. The Bertz CT molecular complexity index is 655. The summed E-state index contributed by atoms with van der Waals surface area (Å²) in [5.41, 5.74) is 1.21. The molecule has 0 aliphatic heterocycles. The number of likely N-dealkylation sites (N-methyl/N-ethyl adjacent to an activating group) is 1. The van der Waals surface area contributed by atoms with Crippen LogP contribution < -0.4 is 9.47 Å². The van der Waals surface area contributed by atoms with Crippen LogP contribution in [0.3, 0.4) is 0 Å². The molecule has 0 aliphatic rings. The Morgan fingerprint density at radius 2 is 1.83 bits per heavy atom. The number of aromatic carboxylic acids is 1. The summed E-state index contributed by atoms with van der Waals surface area (Å²) in [6.45, 7) is 0.688. The molecule has 0 heterocycles. The molecule has 0 bridgehead atoms. The van der Waals surface area contributed by atoms with Gasteiger partial charge in [0.2, 0.25) is 0 Å². The molecule has 5 heteroatoms. The number of benzene rings is 2. The number of carbonyl (C=O) groups is 1. The fraction of sp³-hybridized carbons (Fsp3) is 0.278. The highest BCUT2D eigenvalue weighted by Gasteiger charge is 2.18. The second-order valence-corrected chi connectivity index (χ2v) is 5.45. The summed E-state index contributed by atoms with van der Waals surface area (Å²) in [5, 5.41) is 9.07. The second-order valence-electron chi connectivity index (χ2n) is 5.45. The topological polar surface area (TPSA) is 59.0 Å². The monoisotopic (exact) mass is 315 g/mol. The van der Waals surface area contributed by atoms with E-state index in [0.717, 1.165) is 5.56 Å². The summed E-state index contributed by atoms with van der Waals surface area (Å²) in [6, 6.07) is 14.5. The number of ether oxygens (including phenoxy) is 2. The highest BCUT2D eigenvalue weighted by molar-refractivity contribution is 5.88. The fourth-order valence-electron chi connectivity index (χ4n) is 2.26. The van der Waals surface area contributed by atoms with E-state index in [4.69, 9.17) is 14.6 Å². The smallest absolute Gasteiger partial charge is 0.335 e. The van der Waals surface area contributed by atoms with Crippen molar-refractivity contribution < 1.29 is 19.4 Å². The molecule has 1 unspecified atom stereocenters. The van der Waals surface area contributed by atoms with Gasteiger partial charge >= 0.3 is 5.97 Å². The normalized spacial score (nSPS) is 12.0. The minimum Gasteiger partial charge on any atom is -0.493 e. The van der Waals surface area contributed by atoms with Crippen molar-refractivity contribution >= 4 is 5.97 Å². The predicted molar refractivity (Wildman–Crippen MR) is 88.3 cm³/mol. The molecular weight excluding hydrogens is 294 g/mol. The summed E-state index contributed by atoms with van der Waals surface area (Å²) in [4.78, 5) is 13.1.